The van der Waals surface area contributed by atoms with Gasteiger partial charge in [0.1, 0.15) is 11.4 Å². The summed E-state index contributed by atoms with van der Waals surface area (Å²) in [6.45, 7) is 12.9. The molecule has 0 radical (unpaired) electrons. The van der Waals surface area contributed by atoms with Gasteiger partial charge >= 0.3 is 6.09 Å². The summed E-state index contributed by atoms with van der Waals surface area (Å²) in [5.41, 5.74) is -0.0926. The standard InChI is InChI=1S/C31H49N3O7/c1-21(2)34(29(36)23-11-12-27(39-7)28(15-23)40-14-8-13-38-6)20-25-19-33(30(37)41-31(3,4)5)18-24(25)16-32-17-26(35)22-9-10-22/h11-12,15,21-22,24-25,32H,8-10,13-14,16-20H2,1-7H3/t24-,25+/m1/s1. The average Bonchev–Trinajstić information content (AvgIpc) is 3.69. The summed E-state index contributed by atoms with van der Waals surface area (Å²) in [6.07, 6.45) is 2.32. The number of ketones is 1. The van der Waals surface area contributed by atoms with Crippen LogP contribution in [-0.2, 0) is 14.3 Å². The number of likely N-dealkylation sites (tertiary alicyclic amines) is 1. The van der Waals surface area contributed by atoms with E-state index in [1.807, 2.05) is 39.5 Å². The van der Waals surface area contributed by atoms with E-state index in [0.29, 0.717) is 69.4 Å². The van der Waals surface area contributed by atoms with E-state index in [0.717, 1.165) is 12.8 Å². The van der Waals surface area contributed by atoms with E-state index in [2.05, 4.69) is 5.32 Å². The fraction of sp³-hybridized carbons (Fsp3) is 0.710. The normalized spacial score (nSPS) is 18.9. The summed E-state index contributed by atoms with van der Waals surface area (Å²) in [6, 6.07) is 5.16. The fourth-order valence-corrected chi connectivity index (χ4v) is 5.04. The second-order valence-electron chi connectivity index (χ2n) is 12.4. The number of benzene rings is 1. The monoisotopic (exact) mass is 575 g/mol. The SMILES string of the molecule is COCCCOc1cc(C(=O)N(C[C@@H]2CN(C(=O)OC(C)(C)C)C[C@H]2CNCC(=O)C2CC2)C(C)C)ccc1OC. The third kappa shape index (κ3) is 9.88. The van der Waals surface area contributed by atoms with E-state index in [9.17, 15) is 14.4 Å². The minimum absolute atomic E-state index is 0.0143. The fourth-order valence-electron chi connectivity index (χ4n) is 5.04. The Morgan fingerprint density at radius 2 is 1.76 bits per heavy atom. The maximum Gasteiger partial charge on any atom is 0.410 e. The number of hydrogen-bond acceptors (Lipinski definition) is 8. The van der Waals surface area contributed by atoms with Gasteiger partial charge in [0.2, 0.25) is 0 Å². The molecular weight excluding hydrogens is 526 g/mol. The lowest BCUT2D eigenvalue weighted by molar-refractivity contribution is -0.119. The second-order valence-corrected chi connectivity index (χ2v) is 12.4. The first kappa shape index (κ1) is 32.7. The van der Waals surface area contributed by atoms with E-state index in [1.165, 1.54) is 0 Å². The largest absolute Gasteiger partial charge is 0.493 e. The molecule has 1 aromatic carbocycles. The van der Waals surface area contributed by atoms with Gasteiger partial charge in [-0.1, -0.05) is 0 Å². The number of amides is 2. The van der Waals surface area contributed by atoms with Crippen LogP contribution in [0.5, 0.6) is 11.5 Å². The number of nitrogens with zero attached hydrogens (tertiary/aromatic N) is 2. The van der Waals surface area contributed by atoms with Crippen LogP contribution in [0.2, 0.25) is 0 Å². The van der Waals surface area contributed by atoms with Gasteiger partial charge in [0.15, 0.2) is 11.5 Å². The van der Waals surface area contributed by atoms with Gasteiger partial charge in [-0.3, -0.25) is 9.59 Å². The molecule has 41 heavy (non-hydrogen) atoms. The molecule has 0 bridgehead atoms. The lowest BCUT2D eigenvalue weighted by atomic mass is 9.94. The average molecular weight is 576 g/mol. The highest BCUT2D eigenvalue weighted by Gasteiger charge is 2.39. The zero-order valence-electron chi connectivity index (χ0n) is 25.9. The summed E-state index contributed by atoms with van der Waals surface area (Å²) in [5.74, 6) is 1.49. The molecule has 1 saturated heterocycles. The van der Waals surface area contributed by atoms with Crippen LogP contribution in [0.1, 0.15) is 64.2 Å². The molecule has 0 aromatic heterocycles. The molecule has 3 rings (SSSR count). The topological polar surface area (TPSA) is 107 Å². The van der Waals surface area contributed by atoms with Crippen molar-refractivity contribution in [1.82, 2.24) is 15.1 Å². The van der Waals surface area contributed by atoms with Crippen LogP contribution in [0, 0.1) is 17.8 Å². The van der Waals surface area contributed by atoms with E-state index < -0.39 is 5.60 Å². The van der Waals surface area contributed by atoms with Crippen molar-refractivity contribution in [1.29, 1.82) is 0 Å². The highest BCUT2D eigenvalue weighted by atomic mass is 16.6. The van der Waals surface area contributed by atoms with Crippen molar-refractivity contribution < 1.29 is 33.3 Å². The Kier molecular flexibility index (Phi) is 11.8. The van der Waals surface area contributed by atoms with Crippen molar-refractivity contribution in [3.63, 3.8) is 0 Å². The Morgan fingerprint density at radius 3 is 2.37 bits per heavy atom. The lowest BCUT2D eigenvalue weighted by Crippen LogP contribution is -2.43. The molecule has 0 spiro atoms. The molecule has 2 atom stereocenters. The number of Topliss-reactive ketones (excluding diaryl/α,β-unsaturated/α-hetero) is 1. The molecular formula is C31H49N3O7. The summed E-state index contributed by atoms with van der Waals surface area (Å²) in [4.78, 5) is 42.6. The maximum atomic E-state index is 13.8. The van der Waals surface area contributed by atoms with E-state index >= 15 is 0 Å². The number of nitrogens with one attached hydrogen (secondary N) is 1. The summed E-state index contributed by atoms with van der Waals surface area (Å²) in [7, 11) is 3.22. The smallest absolute Gasteiger partial charge is 0.410 e. The highest BCUT2D eigenvalue weighted by molar-refractivity contribution is 5.95. The number of carbonyl (C=O) groups is 3. The number of carbonyl (C=O) groups excluding carboxylic acids is 3. The number of methoxy groups -OCH3 is 2. The molecule has 2 amide bonds. The quantitative estimate of drug-likeness (QED) is 0.313. The van der Waals surface area contributed by atoms with Crippen LogP contribution in [0.25, 0.3) is 0 Å². The van der Waals surface area contributed by atoms with Crippen LogP contribution < -0.4 is 14.8 Å². The molecule has 2 aliphatic rings. The van der Waals surface area contributed by atoms with Gasteiger partial charge in [-0.05, 0) is 77.5 Å². The first-order valence-electron chi connectivity index (χ1n) is 14.8. The molecule has 1 heterocycles. The van der Waals surface area contributed by atoms with E-state index in [-0.39, 0.29) is 41.6 Å². The first-order chi connectivity index (χ1) is 19.4. The van der Waals surface area contributed by atoms with Crippen molar-refractivity contribution in [2.75, 3.05) is 60.2 Å². The molecule has 10 nitrogen and oxygen atoms in total. The van der Waals surface area contributed by atoms with Crippen LogP contribution in [0.3, 0.4) is 0 Å². The zero-order chi connectivity index (χ0) is 30.2. The van der Waals surface area contributed by atoms with Gasteiger partial charge in [0.25, 0.3) is 5.91 Å². The van der Waals surface area contributed by atoms with Crippen LogP contribution in [-0.4, -0.2) is 99.4 Å². The Balaban J connectivity index is 1.74. The highest BCUT2D eigenvalue weighted by Crippen LogP contribution is 2.32. The van der Waals surface area contributed by atoms with Crippen molar-refractivity contribution in [2.45, 2.75) is 65.5 Å². The molecule has 2 fully saturated rings. The lowest BCUT2D eigenvalue weighted by Gasteiger charge is -2.32. The summed E-state index contributed by atoms with van der Waals surface area (Å²) in [5, 5.41) is 3.33. The first-order valence-corrected chi connectivity index (χ1v) is 14.8. The molecule has 1 aliphatic heterocycles. The maximum absolute atomic E-state index is 13.8. The summed E-state index contributed by atoms with van der Waals surface area (Å²) < 4.78 is 22.1. The van der Waals surface area contributed by atoms with Gasteiger partial charge in [-0.15, -0.1) is 0 Å². The zero-order valence-corrected chi connectivity index (χ0v) is 25.9. The molecule has 1 aliphatic carbocycles. The third-order valence-corrected chi connectivity index (χ3v) is 7.44. The van der Waals surface area contributed by atoms with Gasteiger partial charge in [0, 0.05) is 63.8 Å². The molecule has 1 saturated carbocycles. The van der Waals surface area contributed by atoms with Gasteiger partial charge in [0.05, 0.1) is 20.3 Å². The van der Waals surface area contributed by atoms with Gasteiger partial charge in [-0.25, -0.2) is 4.79 Å². The van der Waals surface area contributed by atoms with Crippen molar-refractivity contribution >= 4 is 17.8 Å². The minimum Gasteiger partial charge on any atom is -0.493 e. The Bertz CT molecular complexity index is 1040. The number of ether oxygens (including phenoxy) is 4. The summed E-state index contributed by atoms with van der Waals surface area (Å²) >= 11 is 0. The third-order valence-electron chi connectivity index (χ3n) is 7.44. The van der Waals surface area contributed by atoms with Gasteiger partial charge in [-0.2, -0.15) is 0 Å². The van der Waals surface area contributed by atoms with E-state index in [1.54, 1.807) is 37.3 Å². The van der Waals surface area contributed by atoms with E-state index in [4.69, 9.17) is 18.9 Å². The van der Waals surface area contributed by atoms with Crippen molar-refractivity contribution in [3.05, 3.63) is 23.8 Å². The molecule has 1 N–H and O–H groups in total. The van der Waals surface area contributed by atoms with Crippen molar-refractivity contribution in [3.8, 4) is 11.5 Å². The van der Waals surface area contributed by atoms with Crippen LogP contribution >= 0.6 is 0 Å². The second kappa shape index (κ2) is 14.9. The molecule has 10 heteroatoms. The molecule has 230 valence electrons. The predicted molar refractivity (Wildman–Crippen MR) is 157 cm³/mol. The Labute approximate surface area is 245 Å². The number of hydrogen-bond donors (Lipinski definition) is 1. The molecule has 1 aromatic rings. The minimum atomic E-state index is -0.600. The predicted octanol–water partition coefficient (Wildman–Crippen LogP) is 4.01. The van der Waals surface area contributed by atoms with Gasteiger partial charge < -0.3 is 34.1 Å². The van der Waals surface area contributed by atoms with Crippen LogP contribution in [0.15, 0.2) is 18.2 Å². The Morgan fingerprint density at radius 1 is 1.05 bits per heavy atom. The Hall–Kier alpha value is -2.85. The number of rotatable bonds is 15. The molecule has 0 unspecified atom stereocenters. The van der Waals surface area contributed by atoms with Crippen LogP contribution in [0.4, 0.5) is 4.79 Å². The van der Waals surface area contributed by atoms with Crippen molar-refractivity contribution in [2.24, 2.45) is 17.8 Å².